The molecule has 3 aromatic rings. The number of para-hydroxylation sites is 1. The van der Waals surface area contributed by atoms with Crippen LogP contribution in [0.5, 0.6) is 5.75 Å². The second kappa shape index (κ2) is 14.8. The molecule has 4 amide bonds. The first-order chi connectivity index (χ1) is 21.8. The number of primary amides is 1. The van der Waals surface area contributed by atoms with Gasteiger partial charge in [0.05, 0.1) is 10.5 Å². The minimum atomic E-state index is -1.47. The topological polar surface area (TPSA) is 166 Å². The third kappa shape index (κ3) is 7.61. The van der Waals surface area contributed by atoms with Gasteiger partial charge in [0.15, 0.2) is 0 Å². The maximum Gasteiger partial charge on any atom is 0.246 e. The summed E-state index contributed by atoms with van der Waals surface area (Å²) in [4.78, 5) is 57.3. The number of H-pyrrole nitrogens is 1. The standard InChI is InChI=1S/C34H43Cl2N5O5/c1-5-18(3)28(31(37)44)40-33(46)34(14-13-25-23(17-34)22-15-21(35)16-24(36)30(22)38-25)41-32(45)29(19(4)6-2)39-27(43)12-11-20-9-7-8-10-26(20)42/h7-10,15-16,18-19,28-29,38,42H,5-6,11-14,17H2,1-4H3,(H2,37,44)(H,39,43)(H,40,46)(H,41,45)/t18-,19?,28?,29-,34-/m0/s1. The zero-order valence-electron chi connectivity index (χ0n) is 26.6. The third-order valence-electron chi connectivity index (χ3n) is 9.33. The van der Waals surface area contributed by atoms with Crippen LogP contribution < -0.4 is 21.7 Å². The maximum atomic E-state index is 14.3. The highest BCUT2D eigenvalue weighted by molar-refractivity contribution is 6.38. The molecule has 2 aromatic carbocycles. The monoisotopic (exact) mass is 671 g/mol. The number of carbonyl (C=O) groups excluding carboxylic acids is 4. The third-order valence-corrected chi connectivity index (χ3v) is 9.85. The van der Waals surface area contributed by atoms with Gasteiger partial charge < -0.3 is 31.8 Å². The Morgan fingerprint density at radius 3 is 2.35 bits per heavy atom. The Kier molecular flexibility index (Phi) is 11.3. The Morgan fingerprint density at radius 1 is 1.02 bits per heavy atom. The van der Waals surface area contributed by atoms with E-state index in [-0.39, 0.29) is 49.2 Å². The molecule has 0 radical (unpaired) electrons. The molecule has 0 aliphatic heterocycles. The van der Waals surface area contributed by atoms with E-state index in [0.717, 1.165) is 16.6 Å². The normalized spacial score (nSPS) is 18.6. The quantitative estimate of drug-likeness (QED) is 0.155. The van der Waals surface area contributed by atoms with Gasteiger partial charge >= 0.3 is 0 Å². The summed E-state index contributed by atoms with van der Waals surface area (Å²) < 4.78 is 0. The Balaban J connectivity index is 1.66. The van der Waals surface area contributed by atoms with E-state index in [1.807, 2.05) is 27.7 Å². The van der Waals surface area contributed by atoms with Gasteiger partial charge in [-0.15, -0.1) is 0 Å². The van der Waals surface area contributed by atoms with Gasteiger partial charge in [-0.2, -0.15) is 0 Å². The Hall–Kier alpha value is -3.76. The van der Waals surface area contributed by atoms with Crippen molar-refractivity contribution in [1.82, 2.24) is 20.9 Å². The molecule has 7 N–H and O–H groups in total. The fourth-order valence-corrected chi connectivity index (χ4v) is 6.61. The van der Waals surface area contributed by atoms with Gasteiger partial charge in [0.25, 0.3) is 0 Å². The molecule has 0 fully saturated rings. The average Bonchev–Trinajstić information content (AvgIpc) is 3.38. The summed E-state index contributed by atoms with van der Waals surface area (Å²) in [6, 6.07) is 8.30. The first-order valence-corrected chi connectivity index (χ1v) is 16.5. The molecule has 5 atom stereocenters. The number of amides is 4. The minimum Gasteiger partial charge on any atom is -0.508 e. The van der Waals surface area contributed by atoms with Crippen LogP contribution in [0.4, 0.5) is 0 Å². The van der Waals surface area contributed by atoms with Crippen LogP contribution in [0, 0.1) is 11.8 Å². The number of phenols is 1. The number of phenolic OH excluding ortho intramolecular Hbond substituents is 1. The van der Waals surface area contributed by atoms with Gasteiger partial charge in [0.2, 0.25) is 23.6 Å². The Labute approximate surface area is 279 Å². The van der Waals surface area contributed by atoms with Crippen LogP contribution in [-0.4, -0.2) is 51.3 Å². The first-order valence-electron chi connectivity index (χ1n) is 15.8. The van der Waals surface area contributed by atoms with Gasteiger partial charge in [0.1, 0.15) is 23.4 Å². The summed E-state index contributed by atoms with van der Waals surface area (Å²) in [6.45, 7) is 7.49. The van der Waals surface area contributed by atoms with E-state index in [4.69, 9.17) is 28.9 Å². The molecule has 10 nitrogen and oxygen atoms in total. The summed E-state index contributed by atoms with van der Waals surface area (Å²) in [5, 5.41) is 20.4. The zero-order chi connectivity index (χ0) is 33.8. The molecule has 248 valence electrons. The van der Waals surface area contributed by atoms with Crippen molar-refractivity contribution in [1.29, 1.82) is 0 Å². The Bertz CT molecular complexity index is 1620. The number of nitrogens with one attached hydrogen (secondary N) is 4. The second-order valence-electron chi connectivity index (χ2n) is 12.4. The molecular formula is C34H43Cl2N5O5. The molecule has 0 saturated carbocycles. The van der Waals surface area contributed by atoms with Crippen molar-refractivity contribution in [2.75, 3.05) is 0 Å². The van der Waals surface area contributed by atoms with Gasteiger partial charge in [-0.05, 0) is 60.4 Å². The number of aromatic hydroxyl groups is 1. The van der Waals surface area contributed by atoms with E-state index < -0.39 is 35.3 Å². The highest BCUT2D eigenvalue weighted by Gasteiger charge is 2.46. The van der Waals surface area contributed by atoms with Crippen molar-refractivity contribution in [2.45, 2.75) is 90.3 Å². The lowest BCUT2D eigenvalue weighted by atomic mass is 9.78. The number of aromatic amines is 1. The molecule has 12 heteroatoms. The highest BCUT2D eigenvalue weighted by Crippen LogP contribution is 2.38. The molecule has 0 bridgehead atoms. The predicted octanol–water partition coefficient (Wildman–Crippen LogP) is 4.70. The number of carbonyl (C=O) groups is 4. The Morgan fingerprint density at radius 2 is 1.70 bits per heavy atom. The molecular weight excluding hydrogens is 629 g/mol. The fraction of sp³-hybridized carbons (Fsp3) is 0.471. The molecule has 2 unspecified atom stereocenters. The van der Waals surface area contributed by atoms with Gasteiger partial charge in [-0.1, -0.05) is 81.9 Å². The van der Waals surface area contributed by atoms with E-state index in [9.17, 15) is 24.3 Å². The fourth-order valence-electron chi connectivity index (χ4n) is 6.07. The van der Waals surface area contributed by atoms with Gasteiger partial charge in [0, 0.05) is 28.9 Å². The summed E-state index contributed by atoms with van der Waals surface area (Å²) in [5.41, 5.74) is 7.20. The van der Waals surface area contributed by atoms with E-state index in [1.54, 1.807) is 36.4 Å². The zero-order valence-corrected chi connectivity index (χ0v) is 28.1. The number of hydrogen-bond donors (Lipinski definition) is 6. The number of fused-ring (bicyclic) bond motifs is 3. The second-order valence-corrected chi connectivity index (χ2v) is 13.3. The number of halogens is 2. The number of aromatic nitrogens is 1. The molecule has 1 aliphatic carbocycles. The SMILES string of the molecule is CCC(C)[C@H](NC(=O)CCc1ccccc1O)C(=O)N[C@@]1(C(=O)NC(C(N)=O)[C@@H](C)CC)CCc2[nH]c3c(Cl)cc(Cl)cc3c2C1. The summed E-state index contributed by atoms with van der Waals surface area (Å²) in [7, 11) is 0. The molecule has 1 aliphatic rings. The molecule has 46 heavy (non-hydrogen) atoms. The number of rotatable bonds is 13. The number of benzene rings is 2. The molecule has 1 heterocycles. The maximum absolute atomic E-state index is 14.3. The van der Waals surface area contributed by atoms with Crippen LogP contribution in [0.1, 0.15) is 70.2 Å². The molecule has 4 rings (SSSR count). The number of hydrogen-bond acceptors (Lipinski definition) is 5. The van der Waals surface area contributed by atoms with Gasteiger partial charge in [-0.3, -0.25) is 19.2 Å². The summed E-state index contributed by atoms with van der Waals surface area (Å²) in [6.07, 6.45) is 2.24. The van der Waals surface area contributed by atoms with Crippen LogP contribution in [0.15, 0.2) is 36.4 Å². The predicted molar refractivity (Wildman–Crippen MR) is 180 cm³/mol. The van der Waals surface area contributed by atoms with Crippen molar-refractivity contribution in [3.8, 4) is 5.75 Å². The summed E-state index contributed by atoms with van der Waals surface area (Å²) >= 11 is 12.9. The molecule has 0 saturated heterocycles. The van der Waals surface area contributed by atoms with Crippen LogP contribution in [0.2, 0.25) is 10.0 Å². The van der Waals surface area contributed by atoms with Crippen LogP contribution >= 0.6 is 23.2 Å². The summed E-state index contributed by atoms with van der Waals surface area (Å²) in [5.74, 6) is -2.48. The van der Waals surface area contributed by atoms with E-state index in [1.165, 1.54) is 0 Å². The van der Waals surface area contributed by atoms with E-state index >= 15 is 0 Å². The number of nitrogens with two attached hydrogens (primary N) is 1. The number of aryl methyl sites for hydroxylation is 2. The van der Waals surface area contributed by atoms with Crippen LogP contribution in [0.3, 0.4) is 0 Å². The lowest BCUT2D eigenvalue weighted by Gasteiger charge is -2.39. The van der Waals surface area contributed by atoms with Crippen LogP contribution in [-0.2, 0) is 38.4 Å². The van der Waals surface area contributed by atoms with Crippen molar-refractivity contribution in [3.05, 3.63) is 63.3 Å². The van der Waals surface area contributed by atoms with E-state index in [0.29, 0.717) is 40.4 Å². The minimum absolute atomic E-state index is 0.0544. The van der Waals surface area contributed by atoms with Crippen LogP contribution in [0.25, 0.3) is 10.9 Å². The molecule has 1 aromatic heterocycles. The van der Waals surface area contributed by atoms with Crippen molar-refractivity contribution < 1.29 is 24.3 Å². The smallest absolute Gasteiger partial charge is 0.246 e. The largest absolute Gasteiger partial charge is 0.508 e. The van der Waals surface area contributed by atoms with Crippen molar-refractivity contribution in [2.24, 2.45) is 17.6 Å². The lowest BCUT2D eigenvalue weighted by molar-refractivity contribution is -0.138. The lowest BCUT2D eigenvalue weighted by Crippen LogP contribution is -2.67. The highest BCUT2D eigenvalue weighted by atomic mass is 35.5. The van der Waals surface area contributed by atoms with E-state index in [2.05, 4.69) is 20.9 Å². The molecule has 0 spiro atoms. The van der Waals surface area contributed by atoms with Gasteiger partial charge in [-0.25, -0.2) is 0 Å². The van der Waals surface area contributed by atoms with Crippen molar-refractivity contribution in [3.63, 3.8) is 0 Å². The average molecular weight is 673 g/mol. The first kappa shape index (κ1) is 35.1. The van der Waals surface area contributed by atoms with Crippen molar-refractivity contribution >= 4 is 57.7 Å².